The van der Waals surface area contributed by atoms with E-state index in [0.717, 1.165) is 32.6 Å². The number of hydrogen-bond donors (Lipinski definition) is 2. The lowest BCUT2D eigenvalue weighted by molar-refractivity contribution is 0.0601. The number of phenolic OH excluding ortho intramolecular Hbond substituents is 1. The summed E-state index contributed by atoms with van der Waals surface area (Å²) in [5, 5.41) is 13.3. The Bertz CT molecular complexity index is 1030. The lowest BCUT2D eigenvalue weighted by Gasteiger charge is -2.40. The van der Waals surface area contributed by atoms with Crippen molar-refractivity contribution in [2.24, 2.45) is 0 Å². The number of nitrogens with zero attached hydrogens (tertiary/aromatic N) is 2. The molecular weight excluding hydrogens is 414 g/mol. The molecule has 1 atom stereocenters. The standard InChI is InChI=1S/C27H31N3O3/c1-33-27(32)25-19-24(31)12-13-26(25)28-20-23(18-21-8-4-2-5-9-21)30-16-14-29(15-17-30)22-10-6-3-7-11-22/h2-13,19,23,28,31H,14-18,20H2,1H3. The number of hydrogen-bond acceptors (Lipinski definition) is 6. The molecule has 1 saturated heterocycles. The Kier molecular flexibility index (Phi) is 7.47. The van der Waals surface area contributed by atoms with Gasteiger partial charge in [-0.05, 0) is 42.3 Å². The van der Waals surface area contributed by atoms with Gasteiger partial charge in [-0.2, -0.15) is 0 Å². The van der Waals surface area contributed by atoms with Crippen LogP contribution in [0.5, 0.6) is 5.75 Å². The van der Waals surface area contributed by atoms with Gasteiger partial charge in [0.2, 0.25) is 0 Å². The van der Waals surface area contributed by atoms with Gasteiger partial charge in [0.25, 0.3) is 0 Å². The summed E-state index contributed by atoms with van der Waals surface area (Å²) in [6, 6.07) is 26.1. The number of carbonyl (C=O) groups excluding carboxylic acids is 1. The van der Waals surface area contributed by atoms with Gasteiger partial charge in [0.1, 0.15) is 5.75 Å². The Morgan fingerprint density at radius 3 is 2.30 bits per heavy atom. The third kappa shape index (κ3) is 5.84. The van der Waals surface area contributed by atoms with E-state index in [1.807, 2.05) is 12.1 Å². The first kappa shape index (κ1) is 22.7. The van der Waals surface area contributed by atoms with Crippen LogP contribution < -0.4 is 10.2 Å². The summed E-state index contributed by atoms with van der Waals surface area (Å²) in [7, 11) is 1.35. The Morgan fingerprint density at radius 2 is 1.64 bits per heavy atom. The monoisotopic (exact) mass is 445 g/mol. The number of esters is 1. The van der Waals surface area contributed by atoms with E-state index in [1.54, 1.807) is 12.1 Å². The molecule has 1 aliphatic rings. The molecule has 1 aliphatic heterocycles. The van der Waals surface area contributed by atoms with Gasteiger partial charge >= 0.3 is 5.97 Å². The molecular formula is C27H31N3O3. The van der Waals surface area contributed by atoms with E-state index < -0.39 is 5.97 Å². The van der Waals surface area contributed by atoms with Crippen LogP contribution >= 0.6 is 0 Å². The van der Waals surface area contributed by atoms with Crippen molar-refractivity contribution in [2.75, 3.05) is 50.1 Å². The van der Waals surface area contributed by atoms with Gasteiger partial charge in [0.05, 0.1) is 12.7 Å². The van der Waals surface area contributed by atoms with E-state index in [2.05, 4.69) is 63.6 Å². The average Bonchev–Trinajstić information content (AvgIpc) is 2.88. The molecule has 1 heterocycles. The normalized spacial score (nSPS) is 15.1. The number of rotatable bonds is 8. The molecule has 2 N–H and O–H groups in total. The van der Waals surface area contributed by atoms with Crippen LogP contribution in [0.15, 0.2) is 78.9 Å². The second kappa shape index (κ2) is 10.9. The average molecular weight is 446 g/mol. The van der Waals surface area contributed by atoms with Crippen molar-refractivity contribution >= 4 is 17.3 Å². The topological polar surface area (TPSA) is 65.0 Å². The van der Waals surface area contributed by atoms with Gasteiger partial charge < -0.3 is 20.1 Å². The predicted octanol–water partition coefficient (Wildman–Crippen LogP) is 4.02. The quantitative estimate of drug-likeness (QED) is 0.403. The molecule has 1 unspecified atom stereocenters. The van der Waals surface area contributed by atoms with Crippen molar-refractivity contribution in [3.8, 4) is 5.75 Å². The van der Waals surface area contributed by atoms with Crippen molar-refractivity contribution in [1.82, 2.24) is 4.90 Å². The van der Waals surface area contributed by atoms with E-state index in [0.29, 0.717) is 17.8 Å². The number of ether oxygens (including phenoxy) is 1. The van der Waals surface area contributed by atoms with Gasteiger partial charge in [-0.1, -0.05) is 48.5 Å². The Balaban J connectivity index is 1.47. The summed E-state index contributed by atoms with van der Waals surface area (Å²) in [5.74, 6) is -0.427. The summed E-state index contributed by atoms with van der Waals surface area (Å²) in [6.45, 7) is 4.56. The molecule has 0 spiro atoms. The second-order valence-corrected chi connectivity index (χ2v) is 8.30. The van der Waals surface area contributed by atoms with Crippen molar-refractivity contribution in [1.29, 1.82) is 0 Å². The third-order valence-corrected chi connectivity index (χ3v) is 6.20. The minimum Gasteiger partial charge on any atom is -0.508 e. The van der Waals surface area contributed by atoms with Crippen LogP contribution in [-0.2, 0) is 11.2 Å². The fraction of sp³-hybridized carbons (Fsp3) is 0.296. The molecule has 4 rings (SSSR count). The maximum atomic E-state index is 12.2. The molecule has 3 aromatic carbocycles. The lowest BCUT2D eigenvalue weighted by Crippen LogP contribution is -2.53. The molecule has 1 fully saturated rings. The molecule has 6 heteroatoms. The van der Waals surface area contributed by atoms with Crippen LogP contribution in [0.25, 0.3) is 0 Å². The fourth-order valence-electron chi connectivity index (χ4n) is 4.39. The highest BCUT2D eigenvalue weighted by molar-refractivity contribution is 5.96. The molecule has 6 nitrogen and oxygen atoms in total. The number of anilines is 2. The number of phenols is 1. The van der Waals surface area contributed by atoms with Gasteiger partial charge in [-0.3, -0.25) is 4.90 Å². The maximum absolute atomic E-state index is 12.2. The van der Waals surface area contributed by atoms with Crippen molar-refractivity contribution < 1.29 is 14.6 Å². The highest BCUT2D eigenvalue weighted by Gasteiger charge is 2.25. The smallest absolute Gasteiger partial charge is 0.340 e. The number of benzene rings is 3. The van der Waals surface area contributed by atoms with Crippen LogP contribution in [-0.4, -0.2) is 61.9 Å². The molecule has 0 aromatic heterocycles. The van der Waals surface area contributed by atoms with E-state index >= 15 is 0 Å². The van der Waals surface area contributed by atoms with Gasteiger partial charge in [0, 0.05) is 50.1 Å². The first-order valence-electron chi connectivity index (χ1n) is 11.4. The zero-order valence-electron chi connectivity index (χ0n) is 19.0. The van der Waals surface area contributed by atoms with Crippen LogP contribution in [0.1, 0.15) is 15.9 Å². The summed E-state index contributed by atoms with van der Waals surface area (Å²) in [6.07, 6.45) is 0.908. The summed E-state index contributed by atoms with van der Waals surface area (Å²) in [5.41, 5.74) is 3.56. The molecule has 0 saturated carbocycles. The number of piperazine rings is 1. The minimum absolute atomic E-state index is 0.0406. The molecule has 33 heavy (non-hydrogen) atoms. The highest BCUT2D eigenvalue weighted by Crippen LogP contribution is 2.23. The second-order valence-electron chi connectivity index (χ2n) is 8.30. The number of para-hydroxylation sites is 1. The van der Waals surface area contributed by atoms with Crippen LogP contribution in [0.3, 0.4) is 0 Å². The molecule has 0 amide bonds. The number of aromatic hydroxyl groups is 1. The molecule has 0 aliphatic carbocycles. The van der Waals surface area contributed by atoms with Crippen molar-refractivity contribution in [3.63, 3.8) is 0 Å². The summed E-state index contributed by atoms with van der Waals surface area (Å²) < 4.78 is 4.90. The Labute approximate surface area is 195 Å². The van der Waals surface area contributed by atoms with Crippen LogP contribution in [0.2, 0.25) is 0 Å². The largest absolute Gasteiger partial charge is 0.508 e. The minimum atomic E-state index is -0.468. The van der Waals surface area contributed by atoms with E-state index in [4.69, 9.17) is 4.74 Å². The zero-order chi connectivity index (χ0) is 23.0. The predicted molar refractivity (Wildman–Crippen MR) is 132 cm³/mol. The van der Waals surface area contributed by atoms with Crippen molar-refractivity contribution in [2.45, 2.75) is 12.5 Å². The van der Waals surface area contributed by atoms with Gasteiger partial charge in [0.15, 0.2) is 0 Å². The number of nitrogens with one attached hydrogen (secondary N) is 1. The van der Waals surface area contributed by atoms with Gasteiger partial charge in [-0.15, -0.1) is 0 Å². The fourth-order valence-corrected chi connectivity index (χ4v) is 4.39. The number of methoxy groups -OCH3 is 1. The van der Waals surface area contributed by atoms with Crippen molar-refractivity contribution in [3.05, 3.63) is 90.0 Å². The third-order valence-electron chi connectivity index (χ3n) is 6.20. The molecule has 3 aromatic rings. The van der Waals surface area contributed by atoms with E-state index in [9.17, 15) is 9.90 Å². The lowest BCUT2D eigenvalue weighted by atomic mass is 10.0. The first-order chi connectivity index (χ1) is 16.1. The first-order valence-corrected chi connectivity index (χ1v) is 11.4. The van der Waals surface area contributed by atoms with Gasteiger partial charge in [-0.25, -0.2) is 4.79 Å². The number of carbonyl (C=O) groups is 1. The van der Waals surface area contributed by atoms with E-state index in [1.165, 1.54) is 24.4 Å². The highest BCUT2D eigenvalue weighted by atomic mass is 16.5. The molecule has 172 valence electrons. The Morgan fingerprint density at radius 1 is 0.970 bits per heavy atom. The van der Waals surface area contributed by atoms with Crippen LogP contribution in [0, 0.1) is 0 Å². The Hall–Kier alpha value is -3.51. The molecule has 0 radical (unpaired) electrons. The zero-order valence-corrected chi connectivity index (χ0v) is 19.0. The summed E-state index contributed by atoms with van der Waals surface area (Å²) >= 11 is 0. The van der Waals surface area contributed by atoms with E-state index in [-0.39, 0.29) is 11.8 Å². The van der Waals surface area contributed by atoms with Crippen LogP contribution in [0.4, 0.5) is 11.4 Å². The molecule has 0 bridgehead atoms. The maximum Gasteiger partial charge on any atom is 0.340 e. The SMILES string of the molecule is COC(=O)c1cc(O)ccc1NCC(Cc1ccccc1)N1CCN(c2ccccc2)CC1. The summed E-state index contributed by atoms with van der Waals surface area (Å²) in [4.78, 5) is 17.2.